The molecule has 1 aromatic carbocycles. The van der Waals surface area contributed by atoms with Crippen molar-refractivity contribution in [3.63, 3.8) is 0 Å². The number of hydrogen-bond donors (Lipinski definition) is 0. The third-order valence-electron chi connectivity index (χ3n) is 2.38. The summed E-state index contributed by atoms with van der Waals surface area (Å²) >= 11 is 0. The molecule has 0 bridgehead atoms. The molecule has 1 aliphatic rings. The van der Waals surface area contributed by atoms with Crippen LogP contribution in [0.15, 0.2) is 29.2 Å². The topological polar surface area (TPSA) is 23.8 Å². The van der Waals surface area contributed by atoms with Crippen LogP contribution in [-0.4, -0.2) is 0 Å². The zero-order valence-corrected chi connectivity index (χ0v) is 9.78. The van der Waals surface area contributed by atoms with E-state index in [1.165, 1.54) is 10.5 Å². The van der Waals surface area contributed by atoms with Gasteiger partial charge in [0.25, 0.3) is 0 Å². The molecule has 0 spiro atoms. The van der Waals surface area contributed by atoms with Crippen molar-refractivity contribution in [3.05, 3.63) is 29.8 Å². The first-order chi connectivity index (χ1) is 6.65. The van der Waals surface area contributed by atoms with Gasteiger partial charge in [0.1, 0.15) is 0 Å². The van der Waals surface area contributed by atoms with Gasteiger partial charge < -0.3 is 0 Å². The first-order valence-electron chi connectivity index (χ1n) is 4.48. The van der Waals surface area contributed by atoms with Crippen LogP contribution in [0.2, 0.25) is 0 Å². The van der Waals surface area contributed by atoms with E-state index < -0.39 is 0 Å². The molecule has 2 rings (SSSR count). The molecule has 0 radical (unpaired) electrons. The van der Waals surface area contributed by atoms with Crippen molar-refractivity contribution in [2.75, 3.05) is 0 Å². The first-order valence-corrected chi connectivity index (χ1v) is 6.70. The molecular weight excluding hydrogens is 210 g/mol. The molecule has 1 heterocycles. The zero-order chi connectivity index (χ0) is 10.2. The van der Waals surface area contributed by atoms with Gasteiger partial charge in [0.05, 0.1) is 16.7 Å². The summed E-state index contributed by atoms with van der Waals surface area (Å²) in [5, 5.41) is 9.41. The summed E-state index contributed by atoms with van der Waals surface area (Å²) in [4.78, 5) is 1.31. The molecule has 1 unspecified atom stereocenters. The van der Waals surface area contributed by atoms with Crippen LogP contribution >= 0.6 is 21.6 Å². The number of hydrogen-bond acceptors (Lipinski definition) is 3. The van der Waals surface area contributed by atoms with E-state index in [4.69, 9.17) is 5.26 Å². The summed E-state index contributed by atoms with van der Waals surface area (Å²) in [6.45, 7) is 4.01. The Bertz CT molecular complexity index is 393. The van der Waals surface area contributed by atoms with E-state index in [-0.39, 0.29) is 5.41 Å². The van der Waals surface area contributed by atoms with Gasteiger partial charge in [-0.05, 0) is 25.5 Å². The van der Waals surface area contributed by atoms with Gasteiger partial charge in [-0.2, -0.15) is 5.26 Å². The third-order valence-corrected chi connectivity index (χ3v) is 5.47. The maximum absolute atomic E-state index is 9.11. The number of benzene rings is 1. The highest BCUT2D eigenvalue weighted by Crippen LogP contribution is 2.59. The Morgan fingerprint density at radius 2 is 2.07 bits per heavy atom. The Hall–Kier alpha value is -0.590. The fourth-order valence-corrected chi connectivity index (χ4v) is 4.87. The molecule has 0 amide bonds. The minimum absolute atomic E-state index is 0.287. The molecule has 14 heavy (non-hydrogen) atoms. The molecule has 1 nitrogen and oxygen atoms in total. The Kier molecular flexibility index (Phi) is 2.50. The average Bonchev–Trinajstić information content (AvgIpc) is 2.61. The highest BCUT2D eigenvalue weighted by molar-refractivity contribution is 8.77. The van der Waals surface area contributed by atoms with Crippen LogP contribution in [0.25, 0.3) is 0 Å². The normalized spacial score (nSPS) is 20.2. The Morgan fingerprint density at radius 3 is 2.79 bits per heavy atom. The van der Waals surface area contributed by atoms with Crippen LogP contribution in [0.4, 0.5) is 0 Å². The average molecular weight is 221 g/mol. The van der Waals surface area contributed by atoms with Gasteiger partial charge >= 0.3 is 0 Å². The van der Waals surface area contributed by atoms with E-state index in [9.17, 15) is 0 Å². The Morgan fingerprint density at radius 1 is 1.36 bits per heavy atom. The van der Waals surface area contributed by atoms with Gasteiger partial charge in [0.2, 0.25) is 0 Å². The molecule has 0 aliphatic carbocycles. The van der Waals surface area contributed by atoms with E-state index in [1.807, 2.05) is 26.0 Å². The fourth-order valence-electron chi connectivity index (χ4n) is 1.49. The van der Waals surface area contributed by atoms with E-state index in [0.717, 1.165) is 0 Å². The molecule has 0 saturated carbocycles. The van der Waals surface area contributed by atoms with Gasteiger partial charge in [0.15, 0.2) is 0 Å². The van der Waals surface area contributed by atoms with Gasteiger partial charge in [-0.1, -0.05) is 39.8 Å². The highest BCUT2D eigenvalue weighted by Gasteiger charge is 2.37. The summed E-state index contributed by atoms with van der Waals surface area (Å²) in [7, 11) is 3.58. The smallest absolute Gasteiger partial charge is 0.0699 e. The maximum Gasteiger partial charge on any atom is 0.0699 e. The van der Waals surface area contributed by atoms with Crippen LogP contribution in [0.1, 0.15) is 24.7 Å². The van der Waals surface area contributed by atoms with Crippen LogP contribution in [0.3, 0.4) is 0 Å². The van der Waals surface area contributed by atoms with E-state index in [0.29, 0.717) is 5.25 Å². The second kappa shape index (κ2) is 3.52. The predicted octanol–water partition coefficient (Wildman–Crippen LogP) is 4.03. The van der Waals surface area contributed by atoms with Crippen LogP contribution in [0.5, 0.6) is 0 Å². The van der Waals surface area contributed by atoms with Crippen molar-refractivity contribution in [2.45, 2.75) is 24.0 Å². The zero-order valence-electron chi connectivity index (χ0n) is 8.15. The SMILES string of the molecule is CC(C)(C#N)C1SSc2ccccc21. The summed E-state index contributed by atoms with van der Waals surface area (Å²) < 4.78 is 0. The minimum atomic E-state index is -0.287. The minimum Gasteiger partial charge on any atom is -0.198 e. The lowest BCUT2D eigenvalue weighted by atomic mass is 9.87. The third kappa shape index (κ3) is 1.53. The van der Waals surface area contributed by atoms with Gasteiger partial charge in [-0.25, -0.2) is 0 Å². The fraction of sp³-hybridized carbons (Fsp3) is 0.364. The maximum atomic E-state index is 9.11. The van der Waals surface area contributed by atoms with Crippen molar-refractivity contribution in [1.29, 1.82) is 5.26 Å². The molecule has 1 aliphatic heterocycles. The van der Waals surface area contributed by atoms with Crippen LogP contribution < -0.4 is 0 Å². The second-order valence-corrected chi connectivity index (χ2v) is 6.28. The van der Waals surface area contributed by atoms with Crippen molar-refractivity contribution in [1.82, 2.24) is 0 Å². The predicted molar refractivity (Wildman–Crippen MR) is 62.0 cm³/mol. The van der Waals surface area contributed by atoms with Crippen molar-refractivity contribution in [3.8, 4) is 6.07 Å². The largest absolute Gasteiger partial charge is 0.198 e. The van der Waals surface area contributed by atoms with Crippen LogP contribution in [-0.2, 0) is 0 Å². The van der Waals surface area contributed by atoms with Gasteiger partial charge in [0, 0.05) is 4.90 Å². The molecule has 0 aromatic heterocycles. The van der Waals surface area contributed by atoms with Crippen molar-refractivity contribution in [2.24, 2.45) is 5.41 Å². The molecule has 0 N–H and O–H groups in total. The first kappa shape index (κ1) is 9.95. The van der Waals surface area contributed by atoms with E-state index in [1.54, 1.807) is 21.6 Å². The lowest BCUT2D eigenvalue weighted by Gasteiger charge is -2.22. The summed E-state index contributed by atoms with van der Waals surface area (Å²) in [6.07, 6.45) is 0. The van der Waals surface area contributed by atoms with E-state index >= 15 is 0 Å². The van der Waals surface area contributed by atoms with Crippen molar-refractivity contribution >= 4 is 21.6 Å². The molecule has 1 aromatic rings. The standard InChI is InChI=1S/C11H11NS2/c1-11(2,7-12)10-8-5-3-4-6-9(8)13-14-10/h3-6,10H,1-2H3. The number of rotatable bonds is 1. The monoisotopic (exact) mass is 221 g/mol. The van der Waals surface area contributed by atoms with E-state index in [2.05, 4.69) is 18.2 Å². The molecule has 72 valence electrons. The molecular formula is C11H11NS2. The molecule has 1 atom stereocenters. The summed E-state index contributed by atoms with van der Waals surface area (Å²) in [5.41, 5.74) is 1.03. The van der Waals surface area contributed by atoms with Crippen LogP contribution in [0, 0.1) is 16.7 Å². The summed E-state index contributed by atoms with van der Waals surface area (Å²) in [6, 6.07) is 10.7. The Balaban J connectivity index is 2.41. The number of nitrogens with zero attached hydrogens (tertiary/aromatic N) is 1. The molecule has 0 saturated heterocycles. The number of fused-ring (bicyclic) bond motifs is 1. The molecule has 3 heteroatoms. The lowest BCUT2D eigenvalue weighted by Crippen LogP contribution is -2.15. The Labute approximate surface area is 92.3 Å². The van der Waals surface area contributed by atoms with Gasteiger partial charge in [-0.3, -0.25) is 0 Å². The number of nitriles is 1. The quantitative estimate of drug-likeness (QED) is 0.669. The second-order valence-electron chi connectivity index (χ2n) is 3.93. The van der Waals surface area contributed by atoms with Gasteiger partial charge in [-0.15, -0.1) is 0 Å². The highest BCUT2D eigenvalue weighted by atomic mass is 33.1. The lowest BCUT2D eigenvalue weighted by molar-refractivity contribution is 0.481. The summed E-state index contributed by atoms with van der Waals surface area (Å²) in [5.74, 6) is 0. The van der Waals surface area contributed by atoms with Crippen molar-refractivity contribution < 1.29 is 0 Å². The molecule has 0 fully saturated rings.